The van der Waals surface area contributed by atoms with E-state index in [0.29, 0.717) is 0 Å². The van der Waals surface area contributed by atoms with Gasteiger partial charge in [-0.3, -0.25) is 14.5 Å². The Balaban J connectivity index is 2.84. The molecule has 1 heterocycles. The van der Waals surface area contributed by atoms with E-state index in [4.69, 9.17) is 4.42 Å². The molecule has 116 valence electrons. The zero-order valence-corrected chi connectivity index (χ0v) is 12.1. The van der Waals surface area contributed by atoms with Crippen LogP contribution in [0.2, 0.25) is 0 Å². The molecule has 21 heavy (non-hydrogen) atoms. The van der Waals surface area contributed by atoms with Gasteiger partial charge in [-0.2, -0.15) is 0 Å². The normalized spacial score (nSPS) is 10.3. The van der Waals surface area contributed by atoms with Crippen molar-refractivity contribution >= 4 is 17.9 Å². The van der Waals surface area contributed by atoms with E-state index < -0.39 is 17.9 Å². The summed E-state index contributed by atoms with van der Waals surface area (Å²) in [6.45, 7) is -0.235. The number of rotatable bonds is 7. The van der Waals surface area contributed by atoms with E-state index in [2.05, 4.69) is 14.2 Å². The monoisotopic (exact) mass is 299 g/mol. The van der Waals surface area contributed by atoms with Gasteiger partial charge in [0.05, 0.1) is 47.2 Å². The van der Waals surface area contributed by atoms with E-state index in [9.17, 15) is 14.4 Å². The summed E-state index contributed by atoms with van der Waals surface area (Å²) in [5, 5.41) is 0. The highest BCUT2D eigenvalue weighted by atomic mass is 16.5. The van der Waals surface area contributed by atoms with Crippen LogP contribution >= 0.6 is 0 Å². The first-order valence-corrected chi connectivity index (χ1v) is 6.02. The van der Waals surface area contributed by atoms with Crippen LogP contribution in [-0.2, 0) is 30.3 Å². The molecule has 0 radical (unpaired) electrons. The first kappa shape index (κ1) is 16.7. The molecule has 8 nitrogen and oxygen atoms in total. The topological polar surface area (TPSA) is 95.3 Å². The molecule has 0 atom stereocenters. The van der Waals surface area contributed by atoms with Crippen molar-refractivity contribution in [3.8, 4) is 0 Å². The minimum Gasteiger partial charge on any atom is -0.468 e. The van der Waals surface area contributed by atoms with Gasteiger partial charge in [0.25, 0.3) is 0 Å². The Morgan fingerprint density at radius 1 is 1.05 bits per heavy atom. The summed E-state index contributed by atoms with van der Waals surface area (Å²) in [7, 11) is 3.73. The van der Waals surface area contributed by atoms with Gasteiger partial charge >= 0.3 is 17.9 Å². The van der Waals surface area contributed by atoms with Crippen LogP contribution in [0.15, 0.2) is 16.7 Å². The fourth-order valence-corrected chi connectivity index (χ4v) is 1.62. The van der Waals surface area contributed by atoms with Crippen molar-refractivity contribution in [1.29, 1.82) is 0 Å². The number of ether oxygens (including phenoxy) is 3. The number of carbonyl (C=O) groups is 3. The Kier molecular flexibility index (Phi) is 6.41. The number of furan rings is 1. The Morgan fingerprint density at radius 3 is 2.10 bits per heavy atom. The summed E-state index contributed by atoms with van der Waals surface area (Å²) in [4.78, 5) is 35.7. The van der Waals surface area contributed by atoms with Crippen LogP contribution in [0.5, 0.6) is 0 Å². The van der Waals surface area contributed by atoms with Gasteiger partial charge in [-0.25, -0.2) is 4.79 Å². The fraction of sp³-hybridized carbons (Fsp3) is 0.462. The standard InChI is InChI=1S/C13H17NO7/c1-18-11(15)7-14(8-12(16)19-2)6-10-9(4-5-21-10)13(17)20-3/h4-5H,6-8H2,1-3H3. The number of hydrogen-bond donors (Lipinski definition) is 0. The molecule has 0 unspecified atom stereocenters. The molecule has 1 rings (SSSR count). The van der Waals surface area contributed by atoms with Gasteiger partial charge in [0.15, 0.2) is 0 Å². The number of methoxy groups -OCH3 is 3. The lowest BCUT2D eigenvalue weighted by Gasteiger charge is -2.18. The number of carbonyl (C=O) groups excluding carboxylic acids is 3. The molecule has 1 aromatic heterocycles. The van der Waals surface area contributed by atoms with Gasteiger partial charge in [0.1, 0.15) is 11.3 Å². The molecule has 0 saturated carbocycles. The third-order valence-electron chi connectivity index (χ3n) is 2.68. The lowest BCUT2D eigenvalue weighted by atomic mass is 10.2. The maximum atomic E-state index is 11.5. The van der Waals surface area contributed by atoms with Crippen LogP contribution in [0.25, 0.3) is 0 Å². The van der Waals surface area contributed by atoms with E-state index in [0.717, 1.165) is 0 Å². The number of esters is 3. The van der Waals surface area contributed by atoms with Crippen molar-refractivity contribution in [3.63, 3.8) is 0 Å². The maximum Gasteiger partial charge on any atom is 0.341 e. The fourth-order valence-electron chi connectivity index (χ4n) is 1.62. The average Bonchev–Trinajstić information content (AvgIpc) is 2.93. The minimum absolute atomic E-state index is 0.0572. The highest BCUT2D eigenvalue weighted by Gasteiger charge is 2.21. The van der Waals surface area contributed by atoms with Gasteiger partial charge in [-0.1, -0.05) is 0 Å². The molecule has 1 aromatic rings. The maximum absolute atomic E-state index is 11.5. The molecule has 0 aliphatic heterocycles. The molecule has 0 aliphatic rings. The van der Waals surface area contributed by atoms with Gasteiger partial charge in [0, 0.05) is 0 Å². The van der Waals surface area contributed by atoms with Crippen molar-refractivity contribution < 1.29 is 33.0 Å². The number of hydrogen-bond acceptors (Lipinski definition) is 8. The average molecular weight is 299 g/mol. The zero-order valence-electron chi connectivity index (χ0n) is 12.1. The number of nitrogens with zero attached hydrogens (tertiary/aromatic N) is 1. The predicted octanol–water partition coefficient (Wildman–Crippen LogP) is 0.214. The summed E-state index contributed by atoms with van der Waals surface area (Å²) in [6.07, 6.45) is 1.33. The Morgan fingerprint density at radius 2 is 1.62 bits per heavy atom. The van der Waals surface area contributed by atoms with E-state index in [1.807, 2.05) is 0 Å². The van der Waals surface area contributed by atoms with Crippen molar-refractivity contribution in [1.82, 2.24) is 4.90 Å². The zero-order chi connectivity index (χ0) is 15.8. The Bertz CT molecular complexity index is 490. The molecule has 0 N–H and O–H groups in total. The quantitative estimate of drug-likeness (QED) is 0.521. The summed E-state index contributed by atoms with van der Waals surface area (Å²) >= 11 is 0. The van der Waals surface area contributed by atoms with Crippen LogP contribution < -0.4 is 0 Å². The van der Waals surface area contributed by atoms with Crippen LogP contribution in [0, 0.1) is 0 Å². The first-order valence-electron chi connectivity index (χ1n) is 6.02. The minimum atomic E-state index is -0.560. The molecule has 0 bridgehead atoms. The highest BCUT2D eigenvalue weighted by Crippen LogP contribution is 2.14. The van der Waals surface area contributed by atoms with Gasteiger partial charge in [-0.05, 0) is 6.07 Å². The van der Waals surface area contributed by atoms with Crippen LogP contribution in [0.3, 0.4) is 0 Å². The van der Waals surface area contributed by atoms with Crippen molar-refractivity contribution in [2.75, 3.05) is 34.4 Å². The molecule has 0 fully saturated rings. The lowest BCUT2D eigenvalue weighted by molar-refractivity contribution is -0.145. The molecule has 0 aromatic carbocycles. The van der Waals surface area contributed by atoms with Crippen LogP contribution in [0.1, 0.15) is 16.1 Å². The molecule has 0 amide bonds. The lowest BCUT2D eigenvalue weighted by Crippen LogP contribution is -2.35. The Labute approximate surface area is 121 Å². The van der Waals surface area contributed by atoms with Gasteiger partial charge in [-0.15, -0.1) is 0 Å². The highest BCUT2D eigenvalue weighted by molar-refractivity contribution is 5.90. The third kappa shape index (κ3) is 4.92. The second-order valence-electron chi connectivity index (χ2n) is 4.05. The molecular weight excluding hydrogens is 282 g/mol. The Hall–Kier alpha value is -2.35. The largest absolute Gasteiger partial charge is 0.468 e. The van der Waals surface area contributed by atoms with Crippen molar-refractivity contribution in [2.24, 2.45) is 0 Å². The van der Waals surface area contributed by atoms with Crippen LogP contribution in [-0.4, -0.2) is 57.2 Å². The van der Waals surface area contributed by atoms with E-state index in [1.165, 1.54) is 38.6 Å². The molecule has 0 spiro atoms. The molecule has 8 heteroatoms. The first-order chi connectivity index (χ1) is 10.0. The summed E-state index contributed by atoms with van der Waals surface area (Å²) in [6, 6.07) is 1.45. The van der Waals surface area contributed by atoms with Crippen molar-refractivity contribution in [2.45, 2.75) is 6.54 Å². The van der Waals surface area contributed by atoms with E-state index in [1.54, 1.807) is 0 Å². The van der Waals surface area contributed by atoms with Gasteiger partial charge in [0.2, 0.25) is 0 Å². The smallest absolute Gasteiger partial charge is 0.341 e. The van der Waals surface area contributed by atoms with Crippen LogP contribution in [0.4, 0.5) is 0 Å². The SMILES string of the molecule is COC(=O)CN(CC(=O)OC)Cc1occc1C(=O)OC. The summed E-state index contributed by atoms with van der Waals surface area (Å²) in [5.74, 6) is -1.32. The molecule has 0 saturated heterocycles. The second-order valence-corrected chi connectivity index (χ2v) is 4.05. The predicted molar refractivity (Wildman–Crippen MR) is 69.4 cm³/mol. The summed E-state index contributed by atoms with van der Waals surface area (Å²) in [5.41, 5.74) is 0.234. The summed E-state index contributed by atoms with van der Waals surface area (Å²) < 4.78 is 18.9. The molecular formula is C13H17NO7. The van der Waals surface area contributed by atoms with Gasteiger partial charge < -0.3 is 18.6 Å². The second kappa shape index (κ2) is 8.05. The van der Waals surface area contributed by atoms with E-state index in [-0.39, 0.29) is 31.0 Å². The van der Waals surface area contributed by atoms with Crippen molar-refractivity contribution in [3.05, 3.63) is 23.7 Å². The molecule has 0 aliphatic carbocycles. The third-order valence-corrected chi connectivity index (χ3v) is 2.68. The van der Waals surface area contributed by atoms with E-state index >= 15 is 0 Å².